The molecule has 1 aliphatic carbocycles. The fraction of sp³-hybridized carbons (Fsp3) is 0.944. The minimum Gasteiger partial charge on any atom is -0.481 e. The zero-order valence-electron chi connectivity index (χ0n) is 14.5. The quantitative estimate of drug-likeness (QED) is 0.659. The largest absolute Gasteiger partial charge is 0.481 e. The normalized spacial score (nSPS) is 25.3. The number of aliphatic hydroxyl groups excluding tert-OH is 1. The lowest BCUT2D eigenvalue weighted by Crippen LogP contribution is -2.31. The maximum atomic E-state index is 10.0. The highest BCUT2D eigenvalue weighted by Crippen LogP contribution is 2.33. The van der Waals surface area contributed by atoms with Gasteiger partial charge >= 0.3 is 5.97 Å². The van der Waals surface area contributed by atoms with E-state index in [1.165, 1.54) is 32.1 Å². The number of carboxylic acids is 1. The Morgan fingerprint density at radius 2 is 1.76 bits per heavy atom. The summed E-state index contributed by atoms with van der Waals surface area (Å²) < 4.78 is 0. The molecule has 1 rings (SSSR count). The van der Waals surface area contributed by atoms with Gasteiger partial charge in [-0.3, -0.25) is 4.79 Å². The first kappa shape index (κ1) is 20.4. The Hall–Kier alpha value is -0.570. The summed E-state index contributed by atoms with van der Waals surface area (Å²) in [5.41, 5.74) is 0. The van der Waals surface area contributed by atoms with Crippen molar-refractivity contribution in [1.82, 2.24) is 0 Å². The third-order valence-corrected chi connectivity index (χ3v) is 4.48. The first-order valence-corrected chi connectivity index (χ1v) is 8.78. The van der Waals surface area contributed by atoms with Crippen LogP contribution < -0.4 is 0 Å². The molecule has 0 aromatic rings. The second kappa shape index (κ2) is 12.0. The van der Waals surface area contributed by atoms with Crippen LogP contribution in [0.1, 0.15) is 85.5 Å². The van der Waals surface area contributed by atoms with Crippen LogP contribution in [0.15, 0.2) is 0 Å². The highest BCUT2D eigenvalue weighted by atomic mass is 16.4. The Morgan fingerprint density at radius 1 is 1.14 bits per heavy atom. The van der Waals surface area contributed by atoms with E-state index in [2.05, 4.69) is 27.7 Å². The Labute approximate surface area is 131 Å². The average Bonchev–Trinajstić information content (AvgIpc) is 2.38. The van der Waals surface area contributed by atoms with Crippen molar-refractivity contribution in [3.8, 4) is 0 Å². The molecule has 0 saturated heterocycles. The molecule has 21 heavy (non-hydrogen) atoms. The summed E-state index contributed by atoms with van der Waals surface area (Å²) in [6, 6.07) is 0. The number of hydrogen-bond acceptors (Lipinski definition) is 2. The SMILES string of the molecule is CC(C)[C@@H]1CC[C@@H](C)C[C@H]1O.CCCCCCCC(=O)O. The van der Waals surface area contributed by atoms with Crippen LogP contribution in [0.2, 0.25) is 0 Å². The molecular formula is C18H36O3. The van der Waals surface area contributed by atoms with E-state index in [9.17, 15) is 9.90 Å². The molecule has 0 aliphatic heterocycles. The van der Waals surface area contributed by atoms with Gasteiger partial charge in [0, 0.05) is 6.42 Å². The van der Waals surface area contributed by atoms with Crippen molar-refractivity contribution in [2.24, 2.45) is 17.8 Å². The molecule has 2 N–H and O–H groups in total. The number of aliphatic carboxylic acids is 1. The molecule has 3 heteroatoms. The molecular weight excluding hydrogens is 264 g/mol. The lowest BCUT2D eigenvalue weighted by atomic mass is 9.75. The standard InChI is InChI=1S/C10H20O.C8H16O2/c1-7(2)9-5-4-8(3)6-10(9)11;1-2-3-4-5-6-7-8(9)10/h7-11H,4-6H2,1-3H3;2-7H2,1H3,(H,9,10)/t8-,9+,10-;/m1./s1. The molecule has 0 heterocycles. The van der Waals surface area contributed by atoms with Gasteiger partial charge in [0.15, 0.2) is 0 Å². The second-order valence-corrected chi connectivity index (χ2v) is 6.95. The zero-order valence-corrected chi connectivity index (χ0v) is 14.5. The summed E-state index contributed by atoms with van der Waals surface area (Å²) >= 11 is 0. The van der Waals surface area contributed by atoms with Crippen molar-refractivity contribution in [3.05, 3.63) is 0 Å². The van der Waals surface area contributed by atoms with Crippen LogP contribution in [0.5, 0.6) is 0 Å². The molecule has 0 aromatic heterocycles. The summed E-state index contributed by atoms with van der Waals surface area (Å²) in [5, 5.41) is 18.0. The van der Waals surface area contributed by atoms with Crippen molar-refractivity contribution in [2.45, 2.75) is 91.6 Å². The molecule has 3 nitrogen and oxygen atoms in total. The van der Waals surface area contributed by atoms with Gasteiger partial charge in [0.05, 0.1) is 6.10 Å². The predicted molar refractivity (Wildman–Crippen MR) is 88.4 cm³/mol. The van der Waals surface area contributed by atoms with Gasteiger partial charge in [-0.1, -0.05) is 59.8 Å². The third-order valence-electron chi connectivity index (χ3n) is 4.48. The topological polar surface area (TPSA) is 57.5 Å². The fourth-order valence-corrected chi connectivity index (χ4v) is 3.03. The van der Waals surface area contributed by atoms with Crippen LogP contribution in [0.3, 0.4) is 0 Å². The molecule has 0 amide bonds. The van der Waals surface area contributed by atoms with E-state index in [0.717, 1.165) is 25.2 Å². The summed E-state index contributed by atoms with van der Waals surface area (Å²) in [6.07, 6.45) is 9.40. The highest BCUT2D eigenvalue weighted by molar-refractivity contribution is 5.66. The number of unbranched alkanes of at least 4 members (excludes halogenated alkanes) is 4. The van der Waals surface area contributed by atoms with E-state index in [1.54, 1.807) is 0 Å². The first-order chi connectivity index (χ1) is 9.88. The summed E-state index contributed by atoms with van der Waals surface area (Å²) in [7, 11) is 0. The Bertz CT molecular complexity index is 263. The van der Waals surface area contributed by atoms with E-state index in [1.807, 2.05) is 0 Å². The van der Waals surface area contributed by atoms with Gasteiger partial charge in [0.2, 0.25) is 0 Å². The summed E-state index contributed by atoms with van der Waals surface area (Å²) in [5.74, 6) is 1.28. The molecule has 0 bridgehead atoms. The fourth-order valence-electron chi connectivity index (χ4n) is 3.03. The smallest absolute Gasteiger partial charge is 0.303 e. The minimum atomic E-state index is -0.670. The van der Waals surface area contributed by atoms with Gasteiger partial charge in [-0.2, -0.15) is 0 Å². The highest BCUT2D eigenvalue weighted by Gasteiger charge is 2.28. The first-order valence-electron chi connectivity index (χ1n) is 8.78. The number of hydrogen-bond donors (Lipinski definition) is 2. The van der Waals surface area contributed by atoms with Gasteiger partial charge in [0.1, 0.15) is 0 Å². The average molecular weight is 300 g/mol. The van der Waals surface area contributed by atoms with E-state index in [-0.39, 0.29) is 6.10 Å². The molecule has 1 saturated carbocycles. The molecule has 3 atom stereocenters. The number of rotatable bonds is 7. The number of carbonyl (C=O) groups is 1. The lowest BCUT2D eigenvalue weighted by molar-refractivity contribution is -0.137. The van der Waals surface area contributed by atoms with Gasteiger partial charge in [-0.05, 0) is 37.0 Å². The monoisotopic (exact) mass is 300 g/mol. The van der Waals surface area contributed by atoms with Gasteiger partial charge in [-0.15, -0.1) is 0 Å². The Balaban J connectivity index is 0.000000384. The van der Waals surface area contributed by atoms with Gasteiger partial charge in [0.25, 0.3) is 0 Å². The van der Waals surface area contributed by atoms with E-state index >= 15 is 0 Å². The van der Waals surface area contributed by atoms with Crippen molar-refractivity contribution in [2.75, 3.05) is 0 Å². The van der Waals surface area contributed by atoms with E-state index in [0.29, 0.717) is 18.3 Å². The van der Waals surface area contributed by atoms with Crippen LogP contribution in [0.25, 0.3) is 0 Å². The van der Waals surface area contributed by atoms with Crippen molar-refractivity contribution >= 4 is 5.97 Å². The Kier molecular flexibility index (Phi) is 11.7. The van der Waals surface area contributed by atoms with Crippen LogP contribution in [-0.2, 0) is 4.79 Å². The molecule has 1 aliphatic rings. The maximum Gasteiger partial charge on any atom is 0.303 e. The molecule has 0 spiro atoms. The molecule has 0 aromatic carbocycles. The van der Waals surface area contributed by atoms with Crippen LogP contribution in [-0.4, -0.2) is 22.3 Å². The summed E-state index contributed by atoms with van der Waals surface area (Å²) in [4.78, 5) is 10.0. The van der Waals surface area contributed by atoms with Crippen molar-refractivity contribution in [3.63, 3.8) is 0 Å². The lowest BCUT2D eigenvalue weighted by Gasteiger charge is -2.33. The minimum absolute atomic E-state index is 0.0289. The van der Waals surface area contributed by atoms with Crippen LogP contribution in [0, 0.1) is 17.8 Å². The third kappa shape index (κ3) is 10.8. The van der Waals surface area contributed by atoms with E-state index in [4.69, 9.17) is 5.11 Å². The molecule has 0 unspecified atom stereocenters. The van der Waals surface area contributed by atoms with Gasteiger partial charge in [-0.25, -0.2) is 0 Å². The van der Waals surface area contributed by atoms with Crippen molar-refractivity contribution in [1.29, 1.82) is 0 Å². The summed E-state index contributed by atoms with van der Waals surface area (Å²) in [6.45, 7) is 8.81. The van der Waals surface area contributed by atoms with Crippen LogP contribution in [0.4, 0.5) is 0 Å². The zero-order chi connectivity index (χ0) is 16.3. The van der Waals surface area contributed by atoms with E-state index < -0.39 is 5.97 Å². The van der Waals surface area contributed by atoms with Crippen molar-refractivity contribution < 1.29 is 15.0 Å². The second-order valence-electron chi connectivity index (χ2n) is 6.95. The predicted octanol–water partition coefficient (Wildman–Crippen LogP) is 4.87. The molecule has 1 fully saturated rings. The van der Waals surface area contributed by atoms with Gasteiger partial charge < -0.3 is 10.2 Å². The maximum absolute atomic E-state index is 10.0. The number of aliphatic hydroxyl groups is 1. The van der Waals surface area contributed by atoms with Crippen LogP contribution >= 0.6 is 0 Å². The molecule has 0 radical (unpaired) electrons. The molecule has 126 valence electrons. The Morgan fingerprint density at radius 3 is 2.24 bits per heavy atom. The number of carboxylic acid groups (broad SMARTS) is 1.